The number of nitrogens with zero attached hydrogens (tertiary/aromatic N) is 2. The number of barbiturate groups is 1. The Hall–Kier alpha value is -4.33. The van der Waals surface area contributed by atoms with Gasteiger partial charge in [0.1, 0.15) is 5.57 Å². The molecule has 0 spiro atoms. The fourth-order valence-corrected chi connectivity index (χ4v) is 3.98. The number of nitrogens with one attached hydrogen (secondary N) is 1. The van der Waals surface area contributed by atoms with Gasteiger partial charge in [-0.25, -0.2) is 9.69 Å². The van der Waals surface area contributed by atoms with Crippen molar-refractivity contribution in [2.45, 2.75) is 13.8 Å². The molecule has 2 aromatic carbocycles. The lowest BCUT2D eigenvalue weighted by Gasteiger charge is -2.26. The minimum absolute atomic E-state index is 0.0690. The maximum Gasteiger partial charge on any atom is 0.335 e. The average Bonchev–Trinajstić information content (AvgIpc) is 3.35. The van der Waals surface area contributed by atoms with Crippen molar-refractivity contribution in [3.05, 3.63) is 77.1 Å². The zero-order valence-electron chi connectivity index (χ0n) is 17.4. The second-order valence-corrected chi connectivity index (χ2v) is 7.49. The van der Waals surface area contributed by atoms with Gasteiger partial charge in [0.25, 0.3) is 11.8 Å². The monoisotopic (exact) mass is 429 g/mol. The van der Waals surface area contributed by atoms with Gasteiger partial charge in [-0.05, 0) is 55.8 Å². The highest BCUT2D eigenvalue weighted by atomic mass is 16.7. The number of aromatic nitrogens is 1. The highest BCUT2D eigenvalue weighted by Gasteiger charge is 2.37. The van der Waals surface area contributed by atoms with Crippen LogP contribution in [0.1, 0.15) is 17.0 Å². The van der Waals surface area contributed by atoms with E-state index in [0.717, 1.165) is 22.0 Å². The predicted molar refractivity (Wildman–Crippen MR) is 117 cm³/mol. The smallest absolute Gasteiger partial charge is 0.335 e. The third-order valence-electron chi connectivity index (χ3n) is 5.50. The lowest BCUT2D eigenvalue weighted by molar-refractivity contribution is -0.122. The molecule has 4 amide bonds. The zero-order chi connectivity index (χ0) is 22.4. The Bertz CT molecular complexity index is 1310. The largest absolute Gasteiger partial charge is 0.454 e. The summed E-state index contributed by atoms with van der Waals surface area (Å²) in [6, 6.07) is 15.6. The van der Waals surface area contributed by atoms with E-state index in [1.54, 1.807) is 12.1 Å². The number of benzene rings is 2. The molecule has 1 fully saturated rings. The fourth-order valence-electron chi connectivity index (χ4n) is 3.98. The van der Waals surface area contributed by atoms with Crippen LogP contribution in [0.5, 0.6) is 11.5 Å². The minimum atomic E-state index is -0.814. The van der Waals surface area contributed by atoms with Gasteiger partial charge >= 0.3 is 6.03 Å². The Morgan fingerprint density at radius 2 is 1.66 bits per heavy atom. The lowest BCUT2D eigenvalue weighted by Crippen LogP contribution is -2.54. The van der Waals surface area contributed by atoms with E-state index in [2.05, 4.69) is 5.32 Å². The predicted octanol–water partition coefficient (Wildman–Crippen LogP) is 3.49. The van der Waals surface area contributed by atoms with Gasteiger partial charge in [0.2, 0.25) is 6.79 Å². The number of amides is 4. The molecule has 5 rings (SSSR count). The minimum Gasteiger partial charge on any atom is -0.454 e. The maximum atomic E-state index is 13.2. The Morgan fingerprint density at radius 3 is 2.44 bits per heavy atom. The molecule has 2 aliphatic rings. The summed E-state index contributed by atoms with van der Waals surface area (Å²) in [6.45, 7) is 3.94. The van der Waals surface area contributed by atoms with Crippen LogP contribution in [-0.2, 0) is 9.59 Å². The molecule has 8 heteroatoms. The van der Waals surface area contributed by atoms with E-state index in [9.17, 15) is 14.4 Å². The summed E-state index contributed by atoms with van der Waals surface area (Å²) in [5.41, 5.74) is 3.66. The molecule has 0 bridgehead atoms. The molecule has 8 nitrogen and oxygen atoms in total. The van der Waals surface area contributed by atoms with E-state index in [4.69, 9.17) is 9.47 Å². The average molecular weight is 429 g/mol. The van der Waals surface area contributed by atoms with Gasteiger partial charge < -0.3 is 14.0 Å². The number of carbonyl (C=O) groups is 3. The number of ether oxygens (including phenoxy) is 2. The summed E-state index contributed by atoms with van der Waals surface area (Å²) < 4.78 is 12.7. The summed E-state index contributed by atoms with van der Waals surface area (Å²) in [6.07, 6.45) is 1.52. The summed E-state index contributed by atoms with van der Waals surface area (Å²) >= 11 is 0. The molecule has 2 aliphatic heterocycles. The van der Waals surface area contributed by atoms with E-state index in [1.807, 2.05) is 54.8 Å². The van der Waals surface area contributed by atoms with E-state index < -0.39 is 17.8 Å². The van der Waals surface area contributed by atoms with Crippen LogP contribution in [0.4, 0.5) is 10.5 Å². The normalized spacial score (nSPS) is 16.6. The van der Waals surface area contributed by atoms with Crippen LogP contribution in [0.25, 0.3) is 11.8 Å². The van der Waals surface area contributed by atoms with Crippen LogP contribution in [0.15, 0.2) is 60.2 Å². The third-order valence-corrected chi connectivity index (χ3v) is 5.50. The van der Waals surface area contributed by atoms with Crippen molar-refractivity contribution in [3.63, 3.8) is 0 Å². The third kappa shape index (κ3) is 3.13. The molecule has 3 aromatic rings. The van der Waals surface area contributed by atoms with Gasteiger partial charge in [0, 0.05) is 23.1 Å². The van der Waals surface area contributed by atoms with Crippen LogP contribution < -0.4 is 19.7 Å². The van der Waals surface area contributed by atoms with E-state index in [0.29, 0.717) is 17.1 Å². The molecule has 0 atom stereocenters. The molecule has 32 heavy (non-hydrogen) atoms. The fraction of sp³-hybridized carbons (Fsp3) is 0.125. The second kappa shape index (κ2) is 7.42. The van der Waals surface area contributed by atoms with Crippen molar-refractivity contribution in [2.24, 2.45) is 0 Å². The van der Waals surface area contributed by atoms with Crippen molar-refractivity contribution >= 4 is 29.6 Å². The standard InChI is InChI=1S/C24H19N3O5/c1-14-10-16(15(2)26(14)17-6-4-3-5-7-17)11-19-22(28)25-24(30)27(23(19)29)18-8-9-20-21(12-18)32-13-31-20/h3-12H,13H2,1-2H3,(H,25,28,30)/b19-11+. The first-order valence-electron chi connectivity index (χ1n) is 9.99. The molecule has 0 aliphatic carbocycles. The Morgan fingerprint density at radius 1 is 0.906 bits per heavy atom. The summed E-state index contributed by atoms with van der Waals surface area (Å²) in [5.74, 6) is -0.487. The number of urea groups is 1. The number of imide groups is 2. The first-order valence-corrected chi connectivity index (χ1v) is 9.99. The number of carbonyl (C=O) groups excluding carboxylic acids is 3. The lowest BCUT2D eigenvalue weighted by atomic mass is 10.1. The molecule has 0 unspecified atom stereocenters. The summed E-state index contributed by atoms with van der Waals surface area (Å²) in [5, 5.41) is 2.25. The van der Waals surface area contributed by atoms with Crippen LogP contribution in [0.2, 0.25) is 0 Å². The van der Waals surface area contributed by atoms with E-state index >= 15 is 0 Å². The van der Waals surface area contributed by atoms with Gasteiger partial charge in [-0.1, -0.05) is 18.2 Å². The molecule has 1 N–H and O–H groups in total. The molecule has 0 radical (unpaired) electrons. The number of para-hydroxylation sites is 1. The van der Waals surface area contributed by atoms with Crippen LogP contribution in [0, 0.1) is 13.8 Å². The Labute approximate surface area is 183 Å². The van der Waals surface area contributed by atoms with Crippen LogP contribution in [0.3, 0.4) is 0 Å². The number of rotatable bonds is 3. The van der Waals surface area contributed by atoms with Gasteiger partial charge in [-0.15, -0.1) is 0 Å². The van der Waals surface area contributed by atoms with Crippen molar-refractivity contribution < 1.29 is 23.9 Å². The summed E-state index contributed by atoms with van der Waals surface area (Å²) in [4.78, 5) is 39.2. The van der Waals surface area contributed by atoms with Gasteiger partial charge in [0.15, 0.2) is 11.5 Å². The number of fused-ring (bicyclic) bond motifs is 1. The molecular weight excluding hydrogens is 410 g/mol. The molecule has 1 saturated heterocycles. The van der Waals surface area contributed by atoms with Crippen LogP contribution in [-0.4, -0.2) is 29.2 Å². The molecule has 3 heterocycles. The first-order chi connectivity index (χ1) is 15.4. The molecule has 1 aromatic heterocycles. The van der Waals surface area contributed by atoms with E-state index in [-0.39, 0.29) is 18.1 Å². The number of hydrogen-bond donors (Lipinski definition) is 1. The van der Waals surface area contributed by atoms with Gasteiger partial charge in [0.05, 0.1) is 5.69 Å². The van der Waals surface area contributed by atoms with Crippen LogP contribution >= 0.6 is 0 Å². The van der Waals surface area contributed by atoms with E-state index in [1.165, 1.54) is 12.1 Å². The molecular formula is C24H19N3O5. The van der Waals surface area contributed by atoms with Gasteiger partial charge in [-0.3, -0.25) is 14.9 Å². The number of hydrogen-bond acceptors (Lipinski definition) is 5. The summed E-state index contributed by atoms with van der Waals surface area (Å²) in [7, 11) is 0. The highest BCUT2D eigenvalue weighted by molar-refractivity contribution is 6.39. The topological polar surface area (TPSA) is 89.9 Å². The SMILES string of the molecule is Cc1cc(/C=C2\C(=O)NC(=O)N(c3ccc4c(c3)OCO4)C2=O)c(C)n1-c1ccccc1. The second-order valence-electron chi connectivity index (χ2n) is 7.49. The van der Waals surface area contributed by atoms with Crippen molar-refractivity contribution in [3.8, 4) is 17.2 Å². The Kier molecular flexibility index (Phi) is 4.55. The van der Waals surface area contributed by atoms with Gasteiger partial charge in [-0.2, -0.15) is 0 Å². The molecule has 160 valence electrons. The van der Waals surface area contributed by atoms with Crippen molar-refractivity contribution in [2.75, 3.05) is 11.7 Å². The first kappa shape index (κ1) is 19.6. The maximum absolute atomic E-state index is 13.2. The van der Waals surface area contributed by atoms with Crippen molar-refractivity contribution in [1.29, 1.82) is 0 Å². The van der Waals surface area contributed by atoms with Crippen molar-refractivity contribution in [1.82, 2.24) is 9.88 Å². The zero-order valence-corrected chi connectivity index (χ0v) is 17.4. The Balaban J connectivity index is 1.54. The number of anilines is 1. The molecule has 0 saturated carbocycles. The number of aryl methyl sites for hydroxylation is 1. The highest BCUT2D eigenvalue weighted by Crippen LogP contribution is 2.36. The quantitative estimate of drug-likeness (QED) is 0.509.